The number of hydrogen-bond donors (Lipinski definition) is 6. The van der Waals surface area contributed by atoms with Crippen LogP contribution in [0, 0.1) is 18.3 Å². The molecule has 3 heterocycles. The Labute approximate surface area is 415 Å². The van der Waals surface area contributed by atoms with Crippen molar-refractivity contribution in [1.29, 1.82) is 0 Å². The minimum Gasteiger partial charge on any atom is -0.490 e. The van der Waals surface area contributed by atoms with Crippen LogP contribution in [0.4, 0.5) is 0 Å². The highest BCUT2D eigenvalue weighted by Gasteiger charge is 2.45. The number of primary amides is 1. The van der Waals surface area contributed by atoms with E-state index in [0.717, 1.165) is 21.7 Å². The second-order valence-corrected chi connectivity index (χ2v) is 20.6. The maximum atomic E-state index is 14.2. The highest BCUT2D eigenvalue weighted by Crippen LogP contribution is 2.32. The number of aromatic nitrogens is 1. The largest absolute Gasteiger partial charge is 0.490 e. The number of β-amino-alcohol motifs (C(OH)–C–C–N with tert-alkyl or cyclic N) is 1. The first-order chi connectivity index (χ1) is 31.6. The topological polar surface area (TPSA) is 239 Å². The van der Waals surface area contributed by atoms with Gasteiger partial charge in [-0.2, -0.15) is 0 Å². The van der Waals surface area contributed by atoms with E-state index in [4.69, 9.17) is 27.8 Å². The molecule has 2 aromatic carbocycles. The number of carbonyl (C=O) groups excluding carboxylic acids is 6. The molecular formula is C49H70Cl2N8O8S. The molecule has 5 rings (SSSR count). The molecule has 0 aliphatic carbocycles. The summed E-state index contributed by atoms with van der Waals surface area (Å²) in [5.41, 5.74) is 16.3. The number of benzene rings is 2. The monoisotopic (exact) mass is 1000 g/mol. The van der Waals surface area contributed by atoms with Crippen molar-refractivity contribution < 1.29 is 38.6 Å². The van der Waals surface area contributed by atoms with Gasteiger partial charge in [-0.05, 0) is 86.5 Å². The van der Waals surface area contributed by atoms with Crippen LogP contribution in [0.25, 0.3) is 10.4 Å². The lowest BCUT2D eigenvalue weighted by atomic mass is 9.85. The average molecular weight is 1000 g/mol. The molecule has 0 bridgehead atoms. The van der Waals surface area contributed by atoms with Crippen molar-refractivity contribution in [2.45, 2.75) is 149 Å². The smallest absolute Gasteiger partial charge is 0.246 e. The Morgan fingerprint density at radius 1 is 0.956 bits per heavy atom. The van der Waals surface area contributed by atoms with Crippen LogP contribution in [-0.2, 0) is 35.2 Å². The Kier molecular flexibility index (Phi) is 20.6. The lowest BCUT2D eigenvalue weighted by Gasteiger charge is -2.35. The van der Waals surface area contributed by atoms with Crippen molar-refractivity contribution in [2.24, 2.45) is 22.8 Å². The number of thiazole rings is 1. The fraction of sp³-hybridized carbons (Fsp3) is 0.571. The number of likely N-dealkylation sites (tertiary alicyclic amines) is 2. The molecule has 1 aromatic heterocycles. The fourth-order valence-corrected chi connectivity index (χ4v) is 9.76. The van der Waals surface area contributed by atoms with E-state index in [1.54, 1.807) is 33.9 Å². The highest BCUT2D eigenvalue weighted by atomic mass is 35.5. The first kappa shape index (κ1) is 55.8. The van der Waals surface area contributed by atoms with Crippen molar-refractivity contribution in [3.63, 3.8) is 0 Å². The number of ether oxygens (including phenoxy) is 1. The third kappa shape index (κ3) is 15.1. The third-order valence-electron chi connectivity index (χ3n) is 12.4. The Morgan fingerprint density at radius 3 is 2.28 bits per heavy atom. The molecule has 8 N–H and O–H groups in total. The third-order valence-corrected chi connectivity index (χ3v) is 13.8. The van der Waals surface area contributed by atoms with E-state index in [1.807, 2.05) is 78.8 Å². The first-order valence-corrected chi connectivity index (χ1v) is 24.5. The van der Waals surface area contributed by atoms with Gasteiger partial charge in [0.15, 0.2) is 0 Å². The number of amides is 6. The lowest BCUT2D eigenvalue weighted by molar-refractivity contribution is -0.144. The molecule has 19 heteroatoms. The zero-order valence-electron chi connectivity index (χ0n) is 40.2. The van der Waals surface area contributed by atoms with E-state index in [0.29, 0.717) is 55.0 Å². The second-order valence-electron chi connectivity index (χ2n) is 19.4. The molecule has 2 aliphatic rings. The van der Waals surface area contributed by atoms with E-state index in [-0.39, 0.29) is 86.8 Å². The zero-order valence-corrected chi connectivity index (χ0v) is 42.6. The number of aryl methyl sites for hydroxylation is 2. The van der Waals surface area contributed by atoms with Gasteiger partial charge < -0.3 is 47.1 Å². The summed E-state index contributed by atoms with van der Waals surface area (Å²) in [6, 6.07) is 8.86. The quantitative estimate of drug-likeness (QED) is 0.0797. The number of nitrogens with one attached hydrogen (secondary N) is 3. The van der Waals surface area contributed by atoms with Crippen molar-refractivity contribution in [1.82, 2.24) is 30.7 Å². The van der Waals surface area contributed by atoms with E-state index in [9.17, 15) is 33.9 Å². The molecule has 2 saturated heterocycles. The summed E-state index contributed by atoms with van der Waals surface area (Å²) < 4.78 is 6.11. The molecule has 6 amide bonds. The van der Waals surface area contributed by atoms with Gasteiger partial charge in [-0.25, -0.2) is 4.98 Å². The highest BCUT2D eigenvalue weighted by molar-refractivity contribution is 7.13. The van der Waals surface area contributed by atoms with Gasteiger partial charge >= 0.3 is 0 Å². The summed E-state index contributed by atoms with van der Waals surface area (Å²) in [5.74, 6) is -1.79. The molecule has 2 fully saturated rings. The molecule has 0 spiro atoms. The Morgan fingerprint density at radius 2 is 1.65 bits per heavy atom. The van der Waals surface area contributed by atoms with Crippen molar-refractivity contribution in [3.05, 3.63) is 69.8 Å². The maximum absolute atomic E-state index is 14.2. The van der Waals surface area contributed by atoms with E-state index in [1.165, 1.54) is 4.90 Å². The van der Waals surface area contributed by atoms with Crippen molar-refractivity contribution in [3.8, 4) is 16.2 Å². The number of hydrogen-bond acceptors (Lipinski definition) is 11. The number of carbonyl (C=O) groups is 6. The molecule has 374 valence electrons. The number of nitrogens with two attached hydrogens (primary N) is 2. The van der Waals surface area contributed by atoms with Gasteiger partial charge in [0.05, 0.1) is 45.3 Å². The maximum Gasteiger partial charge on any atom is 0.246 e. The SMILES string of the molecule is Cc1ncsc1-c1ccc([C@H](C)NC(=O)[C@@H]2C[C@@H](O)CN2C(=O)[C@@H](NC(=O)CCCc2cccc(OC[C@H](CCC(N)=O)NC(=O)[C@@H]3CCCN3C(=O)[C@@H](N)CC(C)C)c2Cl)C(C)(C)C)cc1.Cl. The second kappa shape index (κ2) is 25.2. The molecule has 2 aliphatic heterocycles. The van der Waals surface area contributed by atoms with Crippen LogP contribution in [0.1, 0.15) is 116 Å². The van der Waals surface area contributed by atoms with Crippen LogP contribution in [0.5, 0.6) is 5.75 Å². The Balaban J connectivity index is 0.0000101. The van der Waals surface area contributed by atoms with Crippen molar-refractivity contribution >= 4 is 70.8 Å². The van der Waals surface area contributed by atoms with Gasteiger partial charge in [0, 0.05) is 32.4 Å². The molecule has 0 saturated carbocycles. The standard InChI is InChI=1S/C49H69ClN8O8S.ClH/c1-28(2)23-36(51)47(64)57-22-10-13-37(57)45(62)55-34(20-21-40(52)60)26-66-39-14-8-11-32(42(39)50)12-9-15-41(61)56-44(49(5,6)7)48(65)58-25-35(59)24-38(58)46(63)54-29(3)31-16-18-33(19-17-31)43-30(4)53-27-67-43;/h8,11,14,16-19,27-29,34-38,44,59H,9-10,12-13,15,20-26,51H2,1-7H3,(H2,52,60)(H,54,63)(H,55,62)(H,56,61);1H/t29-,34-,35+,36-,37-,38-,44+;/m0./s1. The number of halogens is 2. The van der Waals surface area contributed by atoms with Gasteiger partial charge in [-0.15, -0.1) is 23.7 Å². The van der Waals surface area contributed by atoms with Gasteiger partial charge in [0.1, 0.15) is 30.5 Å². The molecule has 7 atom stereocenters. The lowest BCUT2D eigenvalue weighted by Crippen LogP contribution is -2.57. The van der Waals surface area contributed by atoms with Crippen LogP contribution < -0.4 is 32.2 Å². The van der Waals surface area contributed by atoms with Gasteiger partial charge in [0.2, 0.25) is 35.4 Å². The molecule has 0 unspecified atom stereocenters. The van der Waals surface area contributed by atoms with Gasteiger partial charge in [0.25, 0.3) is 0 Å². The minimum atomic E-state index is -0.983. The molecule has 16 nitrogen and oxygen atoms in total. The summed E-state index contributed by atoms with van der Waals surface area (Å²) in [4.78, 5) is 88.2. The number of aliphatic hydroxyl groups is 1. The summed E-state index contributed by atoms with van der Waals surface area (Å²) in [6.07, 6.45) is 1.87. The summed E-state index contributed by atoms with van der Waals surface area (Å²) >= 11 is 8.38. The van der Waals surface area contributed by atoms with E-state index in [2.05, 4.69) is 20.9 Å². The average Bonchev–Trinajstić information content (AvgIpc) is 4.03. The summed E-state index contributed by atoms with van der Waals surface area (Å²) in [6.45, 7) is 13.7. The predicted octanol–water partition coefficient (Wildman–Crippen LogP) is 5.38. The fourth-order valence-electron chi connectivity index (χ4n) is 8.67. The molecule has 68 heavy (non-hydrogen) atoms. The molecular weight excluding hydrogens is 932 g/mol. The van der Waals surface area contributed by atoms with E-state index < -0.39 is 53.5 Å². The summed E-state index contributed by atoms with van der Waals surface area (Å²) in [5, 5.41) is 19.9. The van der Waals surface area contributed by atoms with Crippen LogP contribution in [0.15, 0.2) is 48.0 Å². The van der Waals surface area contributed by atoms with Gasteiger partial charge in [-0.1, -0.05) is 82.6 Å². The normalized spacial score (nSPS) is 18.8. The van der Waals surface area contributed by atoms with Gasteiger partial charge in [-0.3, -0.25) is 28.8 Å². The summed E-state index contributed by atoms with van der Waals surface area (Å²) in [7, 11) is 0. The van der Waals surface area contributed by atoms with Crippen molar-refractivity contribution in [2.75, 3.05) is 19.7 Å². The number of nitrogens with zero attached hydrogens (tertiary/aromatic N) is 3. The Hall–Kier alpha value is -4.81. The van der Waals surface area contributed by atoms with Crippen LogP contribution >= 0.6 is 35.3 Å². The first-order valence-electron chi connectivity index (χ1n) is 23.3. The van der Waals surface area contributed by atoms with Crippen LogP contribution in [0.2, 0.25) is 5.02 Å². The molecule has 0 radical (unpaired) electrons. The van der Waals surface area contributed by atoms with Crippen LogP contribution in [-0.4, -0.2) is 111 Å². The zero-order chi connectivity index (χ0) is 49.2. The van der Waals surface area contributed by atoms with Crippen LogP contribution in [0.3, 0.4) is 0 Å². The minimum absolute atomic E-state index is 0. The van der Waals surface area contributed by atoms with E-state index >= 15 is 0 Å². The Bertz CT molecular complexity index is 2220. The number of aliphatic hydroxyl groups excluding tert-OH is 1. The predicted molar refractivity (Wildman–Crippen MR) is 266 cm³/mol. The molecule has 3 aromatic rings. The number of rotatable bonds is 21.